The Labute approximate surface area is 95.3 Å². The standard InChI is InChI=1S/C14H28O/c1-5-10-14(3,4)13-8-6-12(7-9-13)11(2)15/h11-13,15H,5-10H2,1-4H3. The van der Waals surface area contributed by atoms with Crippen LogP contribution in [0.4, 0.5) is 0 Å². The lowest BCUT2D eigenvalue weighted by molar-refractivity contribution is 0.0564. The first kappa shape index (κ1) is 13.0. The van der Waals surface area contributed by atoms with Gasteiger partial charge in [-0.25, -0.2) is 0 Å². The van der Waals surface area contributed by atoms with Gasteiger partial charge in [-0.1, -0.05) is 27.2 Å². The maximum absolute atomic E-state index is 9.57. The van der Waals surface area contributed by atoms with Gasteiger partial charge in [-0.15, -0.1) is 0 Å². The lowest BCUT2D eigenvalue weighted by Gasteiger charge is -2.40. The van der Waals surface area contributed by atoms with Crippen molar-refractivity contribution >= 4 is 0 Å². The van der Waals surface area contributed by atoms with E-state index < -0.39 is 0 Å². The zero-order valence-electron chi connectivity index (χ0n) is 10.9. The second-order valence-corrected chi connectivity index (χ2v) is 6.09. The molecule has 1 rings (SSSR count). The summed E-state index contributed by atoms with van der Waals surface area (Å²) in [7, 11) is 0. The van der Waals surface area contributed by atoms with E-state index in [0.29, 0.717) is 11.3 Å². The number of aliphatic hydroxyl groups excluding tert-OH is 1. The second kappa shape index (κ2) is 5.34. The average Bonchev–Trinajstić information content (AvgIpc) is 2.18. The quantitative estimate of drug-likeness (QED) is 0.747. The van der Waals surface area contributed by atoms with Crippen LogP contribution in [-0.4, -0.2) is 11.2 Å². The smallest absolute Gasteiger partial charge is 0.0540 e. The van der Waals surface area contributed by atoms with Gasteiger partial charge in [-0.05, 0) is 56.3 Å². The molecule has 1 heteroatoms. The van der Waals surface area contributed by atoms with Crippen LogP contribution >= 0.6 is 0 Å². The molecule has 0 bridgehead atoms. The van der Waals surface area contributed by atoms with Gasteiger partial charge in [0.15, 0.2) is 0 Å². The third-order valence-electron chi connectivity index (χ3n) is 4.45. The molecule has 1 nitrogen and oxygen atoms in total. The van der Waals surface area contributed by atoms with E-state index in [2.05, 4.69) is 20.8 Å². The van der Waals surface area contributed by atoms with Crippen LogP contribution in [0.15, 0.2) is 0 Å². The van der Waals surface area contributed by atoms with Gasteiger partial charge in [-0.2, -0.15) is 0 Å². The summed E-state index contributed by atoms with van der Waals surface area (Å²) in [5.74, 6) is 1.45. The van der Waals surface area contributed by atoms with Crippen molar-refractivity contribution in [3.63, 3.8) is 0 Å². The lowest BCUT2D eigenvalue weighted by Crippen LogP contribution is -2.31. The maximum Gasteiger partial charge on any atom is 0.0540 e. The van der Waals surface area contributed by atoms with E-state index in [1.165, 1.54) is 38.5 Å². The van der Waals surface area contributed by atoms with Crippen molar-refractivity contribution < 1.29 is 5.11 Å². The monoisotopic (exact) mass is 212 g/mol. The molecule has 0 aromatic carbocycles. The molecule has 1 N–H and O–H groups in total. The first-order valence-electron chi connectivity index (χ1n) is 6.65. The molecule has 0 aromatic rings. The lowest BCUT2D eigenvalue weighted by atomic mass is 9.66. The van der Waals surface area contributed by atoms with Crippen molar-refractivity contribution in [3.05, 3.63) is 0 Å². The van der Waals surface area contributed by atoms with Crippen molar-refractivity contribution in [3.8, 4) is 0 Å². The topological polar surface area (TPSA) is 20.2 Å². The van der Waals surface area contributed by atoms with Crippen molar-refractivity contribution in [2.24, 2.45) is 17.3 Å². The summed E-state index contributed by atoms with van der Waals surface area (Å²) in [5.41, 5.74) is 0.512. The van der Waals surface area contributed by atoms with E-state index in [0.717, 1.165) is 5.92 Å². The van der Waals surface area contributed by atoms with Crippen LogP contribution in [0.25, 0.3) is 0 Å². The van der Waals surface area contributed by atoms with E-state index in [4.69, 9.17) is 0 Å². The van der Waals surface area contributed by atoms with E-state index >= 15 is 0 Å². The van der Waals surface area contributed by atoms with E-state index in [-0.39, 0.29) is 6.10 Å². The van der Waals surface area contributed by atoms with Crippen molar-refractivity contribution in [1.82, 2.24) is 0 Å². The van der Waals surface area contributed by atoms with Crippen molar-refractivity contribution in [1.29, 1.82) is 0 Å². The van der Waals surface area contributed by atoms with E-state index in [9.17, 15) is 5.11 Å². The van der Waals surface area contributed by atoms with Crippen LogP contribution in [-0.2, 0) is 0 Å². The van der Waals surface area contributed by atoms with E-state index in [1.54, 1.807) is 0 Å². The molecule has 1 saturated carbocycles. The van der Waals surface area contributed by atoms with Crippen LogP contribution in [0.3, 0.4) is 0 Å². The normalized spacial score (nSPS) is 30.2. The Balaban J connectivity index is 2.43. The van der Waals surface area contributed by atoms with Crippen LogP contribution in [0, 0.1) is 17.3 Å². The molecular weight excluding hydrogens is 184 g/mol. The van der Waals surface area contributed by atoms with E-state index in [1.807, 2.05) is 6.92 Å². The van der Waals surface area contributed by atoms with Gasteiger partial charge in [0.2, 0.25) is 0 Å². The Morgan fingerprint density at radius 3 is 2.13 bits per heavy atom. The number of hydrogen-bond acceptors (Lipinski definition) is 1. The average molecular weight is 212 g/mol. The van der Waals surface area contributed by atoms with Gasteiger partial charge in [0, 0.05) is 0 Å². The minimum absolute atomic E-state index is 0.0970. The molecule has 0 radical (unpaired) electrons. The molecule has 0 aliphatic heterocycles. The Hall–Kier alpha value is -0.0400. The summed E-state index contributed by atoms with van der Waals surface area (Å²) in [6.07, 6.45) is 7.65. The Morgan fingerprint density at radius 2 is 1.73 bits per heavy atom. The molecule has 0 heterocycles. The highest BCUT2D eigenvalue weighted by Crippen LogP contribution is 2.43. The van der Waals surface area contributed by atoms with Gasteiger partial charge < -0.3 is 5.11 Å². The fourth-order valence-corrected chi connectivity index (χ4v) is 3.23. The minimum Gasteiger partial charge on any atom is -0.393 e. The fourth-order valence-electron chi connectivity index (χ4n) is 3.23. The van der Waals surface area contributed by atoms with Crippen molar-refractivity contribution in [2.45, 2.75) is 72.3 Å². The molecule has 1 aliphatic rings. The first-order valence-corrected chi connectivity index (χ1v) is 6.65. The summed E-state index contributed by atoms with van der Waals surface area (Å²) < 4.78 is 0. The SMILES string of the molecule is CCCC(C)(C)C1CCC(C(C)O)CC1. The predicted octanol–water partition coefficient (Wildman–Crippen LogP) is 4.00. The Bertz CT molecular complexity index is 176. The van der Waals surface area contributed by atoms with Gasteiger partial charge >= 0.3 is 0 Å². The van der Waals surface area contributed by atoms with Gasteiger partial charge in [0.1, 0.15) is 0 Å². The van der Waals surface area contributed by atoms with Crippen LogP contribution in [0.5, 0.6) is 0 Å². The molecule has 0 amide bonds. The summed E-state index contributed by atoms with van der Waals surface area (Å²) >= 11 is 0. The van der Waals surface area contributed by atoms with Crippen LogP contribution in [0.1, 0.15) is 66.2 Å². The second-order valence-electron chi connectivity index (χ2n) is 6.09. The summed E-state index contributed by atoms with van der Waals surface area (Å²) in [6, 6.07) is 0. The summed E-state index contributed by atoms with van der Waals surface area (Å²) in [5, 5.41) is 9.57. The number of rotatable bonds is 4. The largest absolute Gasteiger partial charge is 0.393 e. The Morgan fingerprint density at radius 1 is 1.20 bits per heavy atom. The highest BCUT2D eigenvalue weighted by atomic mass is 16.3. The van der Waals surface area contributed by atoms with Crippen molar-refractivity contribution in [2.75, 3.05) is 0 Å². The molecule has 0 spiro atoms. The van der Waals surface area contributed by atoms with Crippen LogP contribution < -0.4 is 0 Å². The third-order valence-corrected chi connectivity index (χ3v) is 4.45. The zero-order chi connectivity index (χ0) is 11.5. The number of aliphatic hydroxyl groups is 1. The molecule has 1 atom stereocenters. The molecule has 0 saturated heterocycles. The molecular formula is C14H28O. The van der Waals surface area contributed by atoms with Gasteiger partial charge in [-0.3, -0.25) is 0 Å². The molecule has 90 valence electrons. The summed E-state index contributed by atoms with van der Waals surface area (Å²) in [6.45, 7) is 9.07. The first-order chi connectivity index (χ1) is 6.97. The highest BCUT2D eigenvalue weighted by molar-refractivity contribution is 4.84. The predicted molar refractivity (Wildman–Crippen MR) is 65.8 cm³/mol. The van der Waals surface area contributed by atoms with Crippen LogP contribution in [0.2, 0.25) is 0 Å². The van der Waals surface area contributed by atoms with Gasteiger partial charge in [0.25, 0.3) is 0 Å². The highest BCUT2D eigenvalue weighted by Gasteiger charge is 2.33. The zero-order valence-corrected chi connectivity index (χ0v) is 10.9. The third kappa shape index (κ3) is 3.48. The Kier molecular flexibility index (Phi) is 4.64. The molecule has 1 unspecified atom stereocenters. The molecule has 1 fully saturated rings. The fraction of sp³-hybridized carbons (Fsp3) is 1.00. The maximum atomic E-state index is 9.57. The number of hydrogen-bond donors (Lipinski definition) is 1. The molecule has 0 aromatic heterocycles. The minimum atomic E-state index is -0.0970. The van der Waals surface area contributed by atoms with Gasteiger partial charge in [0.05, 0.1) is 6.10 Å². The molecule has 15 heavy (non-hydrogen) atoms. The summed E-state index contributed by atoms with van der Waals surface area (Å²) in [4.78, 5) is 0. The molecule has 1 aliphatic carbocycles.